The highest BCUT2D eigenvalue weighted by molar-refractivity contribution is 7.16. The lowest BCUT2D eigenvalue weighted by molar-refractivity contribution is -0.0291. The van der Waals surface area contributed by atoms with Gasteiger partial charge in [0.2, 0.25) is 0 Å². The molecular formula is C27H30ClN3O2S. The maximum atomic E-state index is 6.57. The molecule has 1 aliphatic heterocycles. The van der Waals surface area contributed by atoms with Gasteiger partial charge in [-0.3, -0.25) is 0 Å². The van der Waals surface area contributed by atoms with E-state index in [0.717, 1.165) is 65.1 Å². The predicted molar refractivity (Wildman–Crippen MR) is 142 cm³/mol. The standard InChI is InChI=1S/C27H30ClN3O2S/c1-4-13-30(27-29-26(18(2)34-27)22-10-9-21(32-3)17-23(22)28)20-8-11-24-19(16-20)12-14-31(24)25-7-5-6-15-33-25/h8-12,14,16-17,25H,4-7,13,15H2,1-3H3. The summed E-state index contributed by atoms with van der Waals surface area (Å²) in [6.07, 6.45) is 6.77. The maximum absolute atomic E-state index is 6.57. The molecule has 0 radical (unpaired) electrons. The Kier molecular flexibility index (Phi) is 6.82. The first-order chi connectivity index (χ1) is 16.6. The molecular weight excluding hydrogens is 466 g/mol. The Balaban J connectivity index is 1.49. The molecule has 1 aliphatic rings. The number of benzene rings is 2. The molecule has 1 unspecified atom stereocenters. The van der Waals surface area contributed by atoms with Crippen LogP contribution in [0.5, 0.6) is 5.75 Å². The van der Waals surface area contributed by atoms with Gasteiger partial charge in [-0.1, -0.05) is 18.5 Å². The molecule has 0 aliphatic carbocycles. The number of aromatic nitrogens is 2. The molecule has 178 valence electrons. The first-order valence-corrected chi connectivity index (χ1v) is 13.1. The minimum Gasteiger partial charge on any atom is -0.497 e. The van der Waals surface area contributed by atoms with E-state index in [-0.39, 0.29) is 6.23 Å². The fourth-order valence-electron chi connectivity index (χ4n) is 4.63. The Morgan fingerprint density at radius 2 is 2.09 bits per heavy atom. The average Bonchev–Trinajstić information content (AvgIpc) is 3.46. The van der Waals surface area contributed by atoms with E-state index in [9.17, 15) is 0 Å². The molecule has 3 heterocycles. The molecule has 0 saturated carbocycles. The molecule has 1 saturated heterocycles. The Labute approximate surface area is 209 Å². The van der Waals surface area contributed by atoms with Gasteiger partial charge in [0.15, 0.2) is 5.13 Å². The third-order valence-electron chi connectivity index (χ3n) is 6.38. The number of fused-ring (bicyclic) bond motifs is 1. The summed E-state index contributed by atoms with van der Waals surface area (Å²) in [5.41, 5.74) is 4.22. The number of ether oxygens (including phenoxy) is 2. The van der Waals surface area contributed by atoms with Crippen molar-refractivity contribution in [3.8, 4) is 17.0 Å². The van der Waals surface area contributed by atoms with E-state index in [0.29, 0.717) is 5.02 Å². The molecule has 4 aromatic rings. The summed E-state index contributed by atoms with van der Waals surface area (Å²) in [7, 11) is 1.65. The highest BCUT2D eigenvalue weighted by Gasteiger charge is 2.21. The highest BCUT2D eigenvalue weighted by Crippen LogP contribution is 2.40. The van der Waals surface area contributed by atoms with E-state index in [1.807, 2.05) is 18.2 Å². The van der Waals surface area contributed by atoms with Crippen molar-refractivity contribution >= 4 is 44.7 Å². The van der Waals surface area contributed by atoms with Gasteiger partial charge in [0.05, 0.1) is 23.3 Å². The van der Waals surface area contributed by atoms with Gasteiger partial charge in [-0.25, -0.2) is 4.98 Å². The Morgan fingerprint density at radius 3 is 2.82 bits per heavy atom. The van der Waals surface area contributed by atoms with Crippen molar-refractivity contribution in [2.75, 3.05) is 25.2 Å². The Morgan fingerprint density at radius 1 is 1.21 bits per heavy atom. The summed E-state index contributed by atoms with van der Waals surface area (Å²) < 4.78 is 13.6. The second-order valence-corrected chi connectivity index (χ2v) is 10.3. The van der Waals surface area contributed by atoms with E-state index in [2.05, 4.69) is 53.8 Å². The molecule has 0 spiro atoms. The van der Waals surface area contributed by atoms with Crippen LogP contribution in [0.1, 0.15) is 43.7 Å². The minimum absolute atomic E-state index is 0.141. The molecule has 34 heavy (non-hydrogen) atoms. The van der Waals surface area contributed by atoms with Crippen LogP contribution in [-0.2, 0) is 4.74 Å². The van der Waals surface area contributed by atoms with Crippen molar-refractivity contribution in [3.05, 3.63) is 58.6 Å². The molecule has 0 bridgehead atoms. The smallest absolute Gasteiger partial charge is 0.190 e. The van der Waals surface area contributed by atoms with E-state index in [4.69, 9.17) is 26.1 Å². The molecule has 7 heteroatoms. The predicted octanol–water partition coefficient (Wildman–Crippen LogP) is 7.98. The number of nitrogens with zero attached hydrogens (tertiary/aromatic N) is 3. The zero-order valence-corrected chi connectivity index (χ0v) is 21.5. The summed E-state index contributed by atoms with van der Waals surface area (Å²) in [6.45, 7) is 6.04. The molecule has 2 aromatic carbocycles. The van der Waals surface area contributed by atoms with Gasteiger partial charge in [0, 0.05) is 40.9 Å². The lowest BCUT2D eigenvalue weighted by Crippen LogP contribution is -2.18. The number of hydrogen-bond acceptors (Lipinski definition) is 5. The number of anilines is 2. The van der Waals surface area contributed by atoms with Crippen LogP contribution in [0.3, 0.4) is 0 Å². The van der Waals surface area contributed by atoms with Gasteiger partial charge in [-0.2, -0.15) is 0 Å². The van der Waals surface area contributed by atoms with Gasteiger partial charge < -0.3 is 18.9 Å². The molecule has 0 amide bonds. The van der Waals surface area contributed by atoms with Crippen LogP contribution >= 0.6 is 22.9 Å². The highest BCUT2D eigenvalue weighted by atomic mass is 35.5. The minimum atomic E-state index is 0.141. The summed E-state index contributed by atoms with van der Waals surface area (Å²) in [5, 5.41) is 2.85. The molecule has 2 aromatic heterocycles. The van der Waals surface area contributed by atoms with Crippen LogP contribution < -0.4 is 9.64 Å². The van der Waals surface area contributed by atoms with Gasteiger partial charge in [0.1, 0.15) is 12.0 Å². The topological polar surface area (TPSA) is 39.5 Å². The quantitative estimate of drug-likeness (QED) is 0.260. The first-order valence-electron chi connectivity index (χ1n) is 11.9. The largest absolute Gasteiger partial charge is 0.497 e. The van der Waals surface area contributed by atoms with E-state index < -0.39 is 0 Å². The third-order valence-corrected chi connectivity index (χ3v) is 7.68. The number of aryl methyl sites for hydroxylation is 1. The van der Waals surface area contributed by atoms with Crippen LogP contribution in [0.15, 0.2) is 48.7 Å². The van der Waals surface area contributed by atoms with Crippen LogP contribution in [0.2, 0.25) is 5.02 Å². The number of thiazole rings is 1. The summed E-state index contributed by atoms with van der Waals surface area (Å²) in [4.78, 5) is 8.50. The Bertz CT molecular complexity index is 1290. The third kappa shape index (κ3) is 4.42. The van der Waals surface area contributed by atoms with E-state index >= 15 is 0 Å². The van der Waals surface area contributed by atoms with E-state index in [1.165, 1.54) is 17.3 Å². The second-order valence-electron chi connectivity index (χ2n) is 8.69. The fourth-order valence-corrected chi connectivity index (χ4v) is 5.86. The molecule has 1 atom stereocenters. The molecule has 5 nitrogen and oxygen atoms in total. The zero-order chi connectivity index (χ0) is 23.7. The normalized spacial score (nSPS) is 16.2. The molecule has 0 N–H and O–H groups in total. The van der Waals surface area contributed by atoms with Gasteiger partial charge in [-0.15, -0.1) is 11.3 Å². The monoisotopic (exact) mass is 495 g/mol. The van der Waals surface area contributed by atoms with Crippen LogP contribution in [0.25, 0.3) is 22.2 Å². The number of methoxy groups -OCH3 is 1. The van der Waals surface area contributed by atoms with Crippen LogP contribution in [-0.4, -0.2) is 29.8 Å². The SMILES string of the molecule is CCCN(c1ccc2c(ccn2C2CCCCO2)c1)c1nc(-c2ccc(OC)cc2Cl)c(C)s1. The van der Waals surface area contributed by atoms with Crippen molar-refractivity contribution in [1.29, 1.82) is 0 Å². The van der Waals surface area contributed by atoms with Crippen molar-refractivity contribution in [2.45, 2.75) is 45.8 Å². The Hall–Kier alpha value is -2.54. The van der Waals surface area contributed by atoms with Crippen LogP contribution in [0, 0.1) is 6.92 Å². The summed E-state index contributed by atoms with van der Waals surface area (Å²) in [5.74, 6) is 0.744. The number of rotatable bonds is 7. The second kappa shape index (κ2) is 9.98. The van der Waals surface area contributed by atoms with Gasteiger partial charge in [-0.05, 0) is 75.1 Å². The summed E-state index contributed by atoms with van der Waals surface area (Å²) in [6, 6.07) is 14.6. The van der Waals surface area contributed by atoms with Crippen LogP contribution in [0.4, 0.5) is 10.8 Å². The van der Waals surface area contributed by atoms with Crippen molar-refractivity contribution in [2.24, 2.45) is 0 Å². The van der Waals surface area contributed by atoms with Crippen molar-refractivity contribution in [3.63, 3.8) is 0 Å². The lowest BCUT2D eigenvalue weighted by atomic mass is 10.1. The number of halogens is 1. The van der Waals surface area contributed by atoms with Crippen molar-refractivity contribution < 1.29 is 9.47 Å². The summed E-state index contributed by atoms with van der Waals surface area (Å²) >= 11 is 8.28. The van der Waals surface area contributed by atoms with E-state index in [1.54, 1.807) is 18.4 Å². The first kappa shape index (κ1) is 23.2. The van der Waals surface area contributed by atoms with Crippen molar-refractivity contribution in [1.82, 2.24) is 9.55 Å². The maximum Gasteiger partial charge on any atom is 0.190 e. The molecule has 1 fully saturated rings. The fraction of sp³-hybridized carbons (Fsp3) is 0.370. The zero-order valence-electron chi connectivity index (χ0n) is 19.9. The van der Waals surface area contributed by atoms with Gasteiger partial charge >= 0.3 is 0 Å². The number of hydrogen-bond donors (Lipinski definition) is 0. The average molecular weight is 496 g/mol. The lowest BCUT2D eigenvalue weighted by Gasteiger charge is -2.25. The molecule has 5 rings (SSSR count). The van der Waals surface area contributed by atoms with Gasteiger partial charge in [0.25, 0.3) is 0 Å².